The Hall–Kier alpha value is -6.41. The first kappa shape index (κ1) is 44.7. The number of nitro benzene ring substituents is 1. The van der Waals surface area contributed by atoms with Gasteiger partial charge in [-0.15, -0.1) is 0 Å². The normalized spacial score (nSPS) is 22.5. The van der Waals surface area contributed by atoms with Gasteiger partial charge in [0.25, 0.3) is 17.6 Å². The number of amides is 1. The van der Waals surface area contributed by atoms with Crippen LogP contribution in [-0.4, -0.2) is 99.6 Å². The molecule has 0 radical (unpaired) electrons. The standard InChI is InChI=1S/C40H42N4O15S/c1-23(45)55-22-32(56-24(2)46)34(57-25(3)47)36(59-27(5)49)35(58-26(4)48)33-37(44(53)54)40(41(6)21-28-13-9-7-10-14-28)42(30-17-19-31(20-18-30)43(51)52)38(50)39(33,60-40)29-15-11-8-12-16-29/h7-20,32-37H,21-22H2,1-6H3/t32-,33+,34-,35-,36+,37+,39-,40-/m1/s1. The lowest BCUT2D eigenvalue weighted by Gasteiger charge is -2.49. The summed E-state index contributed by atoms with van der Waals surface area (Å²) < 4.78 is 25.8. The van der Waals surface area contributed by atoms with Gasteiger partial charge in [-0.2, -0.15) is 0 Å². The summed E-state index contributed by atoms with van der Waals surface area (Å²) in [6, 6.07) is 19.6. The van der Waals surface area contributed by atoms with Crippen molar-refractivity contribution in [2.24, 2.45) is 5.92 Å². The van der Waals surface area contributed by atoms with Gasteiger partial charge >= 0.3 is 29.8 Å². The predicted octanol–water partition coefficient (Wildman–Crippen LogP) is 3.92. The average Bonchev–Trinajstić information content (AvgIpc) is 3.65. The molecule has 19 nitrogen and oxygen atoms in total. The molecule has 0 N–H and O–H groups in total. The summed E-state index contributed by atoms with van der Waals surface area (Å²) in [5.74, 6) is -7.58. The number of piperidine rings is 1. The highest BCUT2D eigenvalue weighted by Gasteiger charge is 2.84. The summed E-state index contributed by atoms with van der Waals surface area (Å²) in [4.78, 5) is 105. The van der Waals surface area contributed by atoms with Crippen LogP contribution < -0.4 is 4.90 Å². The van der Waals surface area contributed by atoms with E-state index in [9.17, 15) is 44.2 Å². The summed E-state index contributed by atoms with van der Waals surface area (Å²) in [7, 11) is 1.55. The summed E-state index contributed by atoms with van der Waals surface area (Å²) in [6.45, 7) is 4.14. The van der Waals surface area contributed by atoms with E-state index >= 15 is 4.79 Å². The molecule has 2 aliphatic rings. The van der Waals surface area contributed by atoms with E-state index in [1.165, 1.54) is 17.0 Å². The molecule has 2 bridgehead atoms. The van der Waals surface area contributed by atoms with Crippen molar-refractivity contribution in [2.45, 2.75) is 81.4 Å². The van der Waals surface area contributed by atoms with Crippen LogP contribution in [0, 0.1) is 26.1 Å². The molecule has 3 aromatic carbocycles. The van der Waals surface area contributed by atoms with Gasteiger partial charge in [0.05, 0.1) is 4.92 Å². The van der Waals surface area contributed by atoms with E-state index in [2.05, 4.69) is 0 Å². The molecular formula is C40H42N4O15S. The fourth-order valence-electron chi connectivity index (χ4n) is 7.91. The van der Waals surface area contributed by atoms with Crippen molar-refractivity contribution in [1.29, 1.82) is 0 Å². The van der Waals surface area contributed by atoms with E-state index in [4.69, 9.17) is 23.7 Å². The molecule has 0 saturated carbocycles. The van der Waals surface area contributed by atoms with E-state index in [1.54, 1.807) is 72.6 Å². The molecule has 0 spiro atoms. The van der Waals surface area contributed by atoms with E-state index < -0.39 is 98.3 Å². The van der Waals surface area contributed by atoms with Gasteiger partial charge < -0.3 is 23.7 Å². The highest BCUT2D eigenvalue weighted by Crippen LogP contribution is 2.70. The third kappa shape index (κ3) is 8.79. The number of non-ortho nitro benzene ring substituents is 1. The molecule has 2 heterocycles. The Morgan fingerprint density at radius 1 is 0.750 bits per heavy atom. The molecule has 2 fully saturated rings. The Labute approximate surface area is 347 Å². The zero-order chi connectivity index (χ0) is 44.1. The van der Waals surface area contributed by atoms with Gasteiger partial charge in [0.1, 0.15) is 17.3 Å². The zero-order valence-corrected chi connectivity index (χ0v) is 34.1. The molecule has 0 unspecified atom stereocenters. The van der Waals surface area contributed by atoms with Crippen molar-refractivity contribution in [3.63, 3.8) is 0 Å². The number of carbonyl (C=O) groups excluding carboxylic acids is 6. The molecular weight excluding hydrogens is 809 g/mol. The molecule has 2 aliphatic heterocycles. The third-order valence-corrected chi connectivity index (χ3v) is 12.0. The van der Waals surface area contributed by atoms with E-state index in [-0.39, 0.29) is 23.5 Å². The molecule has 2 saturated heterocycles. The Bertz CT molecular complexity index is 2140. The molecule has 1 amide bonds. The summed E-state index contributed by atoms with van der Waals surface area (Å²) in [5, 5.41) is 25.8. The SMILES string of the molecule is CC(=O)OC[C@@H](OC(C)=O)[C@@H](OC(C)=O)[C@H](OC(C)=O)[C@H](OC(C)=O)[C@H]1[C@H]([N+](=O)[O-])[C@]2(N(C)Cc3ccccc3)S[C@@]1(c1ccccc1)C(=O)N2c1ccc([N+](=O)[O-])cc1. The maximum Gasteiger partial charge on any atom is 0.303 e. The first-order chi connectivity index (χ1) is 28.3. The van der Waals surface area contributed by atoms with Gasteiger partial charge in [-0.05, 0) is 30.3 Å². The fourth-order valence-corrected chi connectivity index (χ4v) is 10.1. The van der Waals surface area contributed by atoms with Crippen molar-refractivity contribution >= 4 is 58.9 Å². The number of carbonyl (C=O) groups is 6. The fraction of sp³-hybridized carbons (Fsp3) is 0.400. The van der Waals surface area contributed by atoms with Gasteiger partial charge in [-0.3, -0.25) is 58.8 Å². The van der Waals surface area contributed by atoms with Gasteiger partial charge in [0, 0.05) is 63.9 Å². The lowest BCUT2D eigenvalue weighted by atomic mass is 9.70. The largest absolute Gasteiger partial charge is 0.462 e. The Morgan fingerprint density at radius 2 is 1.28 bits per heavy atom. The van der Waals surface area contributed by atoms with Gasteiger partial charge in [-0.1, -0.05) is 72.4 Å². The number of ether oxygens (including phenoxy) is 5. The van der Waals surface area contributed by atoms with Crippen LogP contribution in [-0.2, 0) is 63.7 Å². The van der Waals surface area contributed by atoms with E-state index in [0.29, 0.717) is 5.56 Å². The topological polar surface area (TPSA) is 241 Å². The van der Waals surface area contributed by atoms with Crippen LogP contribution in [0.3, 0.4) is 0 Å². The number of nitrogens with zero attached hydrogens (tertiary/aromatic N) is 4. The lowest BCUT2D eigenvalue weighted by molar-refractivity contribution is -0.546. The predicted molar refractivity (Wildman–Crippen MR) is 210 cm³/mol. The Balaban J connectivity index is 1.88. The molecule has 60 heavy (non-hydrogen) atoms. The number of fused-ring (bicyclic) bond motifs is 2. The maximum atomic E-state index is 15.8. The summed E-state index contributed by atoms with van der Waals surface area (Å²) in [5.41, 5.74) is 0.599. The number of anilines is 1. The van der Waals surface area contributed by atoms with Crippen molar-refractivity contribution in [1.82, 2.24) is 4.90 Å². The molecule has 0 aromatic heterocycles. The summed E-state index contributed by atoms with van der Waals surface area (Å²) >= 11 is 0.856. The number of hydrogen-bond donors (Lipinski definition) is 0. The second-order valence-corrected chi connectivity index (χ2v) is 15.5. The maximum absolute atomic E-state index is 15.8. The van der Waals surface area contributed by atoms with Crippen molar-refractivity contribution < 1.29 is 62.3 Å². The lowest BCUT2D eigenvalue weighted by Crippen LogP contribution is -2.72. The average molecular weight is 851 g/mol. The molecule has 8 atom stereocenters. The van der Waals surface area contributed by atoms with Crippen molar-refractivity contribution in [3.05, 3.63) is 116 Å². The van der Waals surface area contributed by atoms with Gasteiger partial charge in [0.2, 0.25) is 4.99 Å². The number of nitro groups is 2. The molecule has 318 valence electrons. The van der Waals surface area contributed by atoms with E-state index in [1.807, 2.05) is 0 Å². The van der Waals surface area contributed by atoms with Crippen LogP contribution in [0.15, 0.2) is 84.9 Å². The van der Waals surface area contributed by atoms with Gasteiger partial charge in [0.15, 0.2) is 24.4 Å². The highest BCUT2D eigenvalue weighted by molar-refractivity contribution is 8.03. The van der Waals surface area contributed by atoms with Crippen LogP contribution >= 0.6 is 11.8 Å². The first-order valence-corrected chi connectivity index (χ1v) is 19.2. The van der Waals surface area contributed by atoms with Gasteiger partial charge in [-0.25, -0.2) is 0 Å². The number of esters is 5. The monoisotopic (exact) mass is 850 g/mol. The van der Waals surface area contributed by atoms with Crippen molar-refractivity contribution in [3.8, 4) is 0 Å². The molecule has 5 rings (SSSR count). The van der Waals surface area contributed by atoms with Crippen LogP contribution in [0.4, 0.5) is 11.4 Å². The Morgan fingerprint density at radius 3 is 1.78 bits per heavy atom. The smallest absolute Gasteiger partial charge is 0.303 e. The zero-order valence-electron chi connectivity index (χ0n) is 33.3. The minimum atomic E-state index is -2.11. The second-order valence-electron chi connectivity index (χ2n) is 14.0. The quantitative estimate of drug-likeness (QED) is 0.0809. The molecule has 3 aromatic rings. The minimum Gasteiger partial charge on any atom is -0.462 e. The highest BCUT2D eigenvalue weighted by atomic mass is 32.2. The van der Waals surface area contributed by atoms with Crippen LogP contribution in [0.25, 0.3) is 0 Å². The molecule has 20 heteroatoms. The van der Waals surface area contributed by atoms with Crippen LogP contribution in [0.1, 0.15) is 45.7 Å². The van der Waals surface area contributed by atoms with Crippen LogP contribution in [0.2, 0.25) is 0 Å². The van der Waals surface area contributed by atoms with Crippen molar-refractivity contribution in [2.75, 3.05) is 18.6 Å². The number of likely N-dealkylation sites (N-methyl/N-ethyl adjacent to an activating group) is 1. The molecule has 0 aliphatic carbocycles. The first-order valence-electron chi connectivity index (χ1n) is 18.4. The van der Waals surface area contributed by atoms with Crippen LogP contribution in [0.5, 0.6) is 0 Å². The second kappa shape index (κ2) is 18.2. The summed E-state index contributed by atoms with van der Waals surface area (Å²) in [6.07, 6.45) is -7.85. The minimum absolute atomic E-state index is 0.00881. The number of thioether (sulfide) groups is 1. The number of rotatable bonds is 17. The van der Waals surface area contributed by atoms with E-state index in [0.717, 1.165) is 58.5 Å². The Kier molecular flexibility index (Phi) is 13.6. The number of benzene rings is 3. The number of hydrogen-bond acceptors (Lipinski definition) is 17. The third-order valence-electron chi connectivity index (χ3n) is 9.95.